The first-order valence-corrected chi connectivity index (χ1v) is 6.27. The van der Waals surface area contributed by atoms with Crippen LogP contribution in [0.25, 0.3) is 0 Å². The standard InChI is InChI=1S/C13H30N2/c1-8-14(6)9-12(4)13(5)10-15(7)11(2)3/h11-13H,8-10H2,1-7H3. The lowest BCUT2D eigenvalue weighted by atomic mass is 9.94. The molecule has 0 bridgehead atoms. The predicted octanol–water partition coefficient (Wildman–Crippen LogP) is 2.55. The highest BCUT2D eigenvalue weighted by Gasteiger charge is 2.16. The topological polar surface area (TPSA) is 6.48 Å². The Bertz CT molecular complexity index is 157. The zero-order chi connectivity index (χ0) is 12.0. The van der Waals surface area contributed by atoms with E-state index in [0.29, 0.717) is 6.04 Å². The highest BCUT2D eigenvalue weighted by Crippen LogP contribution is 2.14. The Labute approximate surface area is 96.6 Å². The van der Waals surface area contributed by atoms with Gasteiger partial charge in [0.15, 0.2) is 0 Å². The minimum Gasteiger partial charge on any atom is -0.306 e. The van der Waals surface area contributed by atoms with E-state index >= 15 is 0 Å². The lowest BCUT2D eigenvalue weighted by Gasteiger charge is -2.30. The molecule has 0 fully saturated rings. The van der Waals surface area contributed by atoms with Gasteiger partial charge in [0.1, 0.15) is 0 Å². The van der Waals surface area contributed by atoms with Crippen molar-refractivity contribution >= 4 is 0 Å². The molecule has 0 rings (SSSR count). The van der Waals surface area contributed by atoms with Gasteiger partial charge in [0.05, 0.1) is 0 Å². The molecule has 0 aliphatic carbocycles. The van der Waals surface area contributed by atoms with E-state index in [0.717, 1.165) is 18.4 Å². The van der Waals surface area contributed by atoms with Gasteiger partial charge in [0.2, 0.25) is 0 Å². The summed E-state index contributed by atoms with van der Waals surface area (Å²) in [6, 6.07) is 0.656. The number of hydrogen-bond acceptors (Lipinski definition) is 2. The van der Waals surface area contributed by atoms with Crippen molar-refractivity contribution in [1.29, 1.82) is 0 Å². The summed E-state index contributed by atoms with van der Waals surface area (Å²) in [4.78, 5) is 4.84. The maximum atomic E-state index is 2.44. The molecule has 0 aromatic rings. The minimum atomic E-state index is 0.656. The molecule has 0 aliphatic rings. The van der Waals surface area contributed by atoms with Crippen LogP contribution >= 0.6 is 0 Å². The molecule has 0 saturated heterocycles. The van der Waals surface area contributed by atoms with E-state index in [1.54, 1.807) is 0 Å². The fraction of sp³-hybridized carbons (Fsp3) is 1.00. The molecule has 0 saturated carbocycles. The molecule has 92 valence electrons. The summed E-state index contributed by atoms with van der Waals surface area (Å²) >= 11 is 0. The zero-order valence-electron chi connectivity index (χ0n) is 11.7. The van der Waals surface area contributed by atoms with Crippen molar-refractivity contribution in [3.63, 3.8) is 0 Å². The van der Waals surface area contributed by atoms with Crippen molar-refractivity contribution in [3.05, 3.63) is 0 Å². The Hall–Kier alpha value is -0.0800. The smallest absolute Gasteiger partial charge is 0.00356 e. The Morgan fingerprint density at radius 1 is 0.867 bits per heavy atom. The second kappa shape index (κ2) is 7.24. The Morgan fingerprint density at radius 3 is 1.73 bits per heavy atom. The van der Waals surface area contributed by atoms with E-state index in [9.17, 15) is 0 Å². The van der Waals surface area contributed by atoms with Gasteiger partial charge in [-0.1, -0.05) is 20.8 Å². The monoisotopic (exact) mass is 214 g/mol. The first kappa shape index (κ1) is 14.9. The van der Waals surface area contributed by atoms with Gasteiger partial charge >= 0.3 is 0 Å². The van der Waals surface area contributed by atoms with Crippen LogP contribution < -0.4 is 0 Å². The van der Waals surface area contributed by atoms with Gasteiger partial charge in [-0.15, -0.1) is 0 Å². The van der Waals surface area contributed by atoms with Crippen LogP contribution in [0.1, 0.15) is 34.6 Å². The Morgan fingerprint density at radius 2 is 1.33 bits per heavy atom. The minimum absolute atomic E-state index is 0.656. The second-order valence-electron chi connectivity index (χ2n) is 5.34. The third kappa shape index (κ3) is 6.16. The van der Waals surface area contributed by atoms with Gasteiger partial charge in [-0.2, -0.15) is 0 Å². The molecule has 2 unspecified atom stereocenters. The molecule has 2 heteroatoms. The summed E-state index contributed by atoms with van der Waals surface area (Å²) in [5.41, 5.74) is 0. The van der Waals surface area contributed by atoms with Gasteiger partial charge in [-0.05, 0) is 46.3 Å². The second-order valence-corrected chi connectivity index (χ2v) is 5.34. The van der Waals surface area contributed by atoms with E-state index in [2.05, 4.69) is 58.5 Å². The van der Waals surface area contributed by atoms with Crippen molar-refractivity contribution in [1.82, 2.24) is 9.80 Å². The van der Waals surface area contributed by atoms with Gasteiger partial charge in [0.25, 0.3) is 0 Å². The van der Waals surface area contributed by atoms with Crippen molar-refractivity contribution in [2.45, 2.75) is 40.7 Å². The lowest BCUT2D eigenvalue weighted by Crippen LogP contribution is -2.36. The molecule has 2 atom stereocenters. The SMILES string of the molecule is CCN(C)CC(C)C(C)CN(C)C(C)C. The number of rotatable bonds is 7. The Balaban J connectivity index is 3.92. The van der Waals surface area contributed by atoms with E-state index in [-0.39, 0.29) is 0 Å². The van der Waals surface area contributed by atoms with Crippen LogP contribution in [0.5, 0.6) is 0 Å². The van der Waals surface area contributed by atoms with E-state index in [1.807, 2.05) is 0 Å². The third-order valence-corrected chi connectivity index (χ3v) is 3.57. The van der Waals surface area contributed by atoms with Gasteiger partial charge in [-0.25, -0.2) is 0 Å². The molecule has 0 amide bonds. The van der Waals surface area contributed by atoms with Crippen LogP contribution in [0.4, 0.5) is 0 Å². The van der Waals surface area contributed by atoms with Crippen molar-refractivity contribution < 1.29 is 0 Å². The summed E-state index contributed by atoms with van der Waals surface area (Å²) in [5, 5.41) is 0. The van der Waals surface area contributed by atoms with Crippen LogP contribution in [-0.2, 0) is 0 Å². The van der Waals surface area contributed by atoms with Crippen molar-refractivity contribution in [2.75, 3.05) is 33.7 Å². The van der Waals surface area contributed by atoms with Gasteiger partial charge in [0, 0.05) is 19.1 Å². The molecular weight excluding hydrogens is 184 g/mol. The lowest BCUT2D eigenvalue weighted by molar-refractivity contribution is 0.178. The molecule has 0 N–H and O–H groups in total. The fourth-order valence-corrected chi connectivity index (χ4v) is 1.65. The van der Waals surface area contributed by atoms with Crippen molar-refractivity contribution in [2.24, 2.45) is 11.8 Å². The van der Waals surface area contributed by atoms with E-state index in [1.165, 1.54) is 13.1 Å². The molecule has 0 aliphatic heterocycles. The average Bonchev–Trinajstić information content (AvgIpc) is 2.16. The Kier molecular flexibility index (Phi) is 7.20. The first-order chi connectivity index (χ1) is 6.88. The first-order valence-electron chi connectivity index (χ1n) is 6.27. The molecule has 2 nitrogen and oxygen atoms in total. The van der Waals surface area contributed by atoms with Crippen molar-refractivity contribution in [3.8, 4) is 0 Å². The highest BCUT2D eigenvalue weighted by molar-refractivity contribution is 4.69. The summed E-state index contributed by atoms with van der Waals surface area (Å²) in [6.07, 6.45) is 0. The number of hydrogen-bond donors (Lipinski definition) is 0. The predicted molar refractivity (Wildman–Crippen MR) is 69.3 cm³/mol. The summed E-state index contributed by atoms with van der Waals surface area (Å²) in [6.45, 7) is 15.0. The van der Waals surface area contributed by atoms with Gasteiger partial charge < -0.3 is 9.80 Å². The molecule has 15 heavy (non-hydrogen) atoms. The zero-order valence-corrected chi connectivity index (χ0v) is 11.7. The van der Waals surface area contributed by atoms with Crippen LogP contribution in [0.3, 0.4) is 0 Å². The average molecular weight is 214 g/mol. The van der Waals surface area contributed by atoms with E-state index in [4.69, 9.17) is 0 Å². The molecule has 0 radical (unpaired) electrons. The highest BCUT2D eigenvalue weighted by atomic mass is 15.1. The quantitative estimate of drug-likeness (QED) is 0.642. The summed E-state index contributed by atoms with van der Waals surface area (Å²) in [7, 11) is 4.42. The molecule has 0 aromatic carbocycles. The third-order valence-electron chi connectivity index (χ3n) is 3.57. The number of nitrogens with zero attached hydrogens (tertiary/aromatic N) is 2. The largest absolute Gasteiger partial charge is 0.306 e. The van der Waals surface area contributed by atoms with Gasteiger partial charge in [-0.3, -0.25) is 0 Å². The summed E-state index contributed by atoms with van der Waals surface area (Å²) in [5.74, 6) is 1.54. The summed E-state index contributed by atoms with van der Waals surface area (Å²) < 4.78 is 0. The van der Waals surface area contributed by atoms with Crippen LogP contribution in [0.15, 0.2) is 0 Å². The molecule has 0 aromatic heterocycles. The van der Waals surface area contributed by atoms with Crippen LogP contribution in [0.2, 0.25) is 0 Å². The maximum absolute atomic E-state index is 2.44. The molecule has 0 spiro atoms. The maximum Gasteiger partial charge on any atom is 0.00356 e. The molecular formula is C13H30N2. The van der Waals surface area contributed by atoms with E-state index < -0.39 is 0 Å². The van der Waals surface area contributed by atoms with Crippen LogP contribution in [-0.4, -0.2) is 49.6 Å². The molecule has 0 heterocycles. The van der Waals surface area contributed by atoms with Crippen LogP contribution in [0, 0.1) is 11.8 Å². The fourth-order valence-electron chi connectivity index (χ4n) is 1.65. The normalized spacial score (nSPS) is 16.4.